The van der Waals surface area contributed by atoms with Crippen molar-refractivity contribution in [2.75, 3.05) is 42.0 Å². The Kier molecular flexibility index (Phi) is 7.42. The summed E-state index contributed by atoms with van der Waals surface area (Å²) < 4.78 is 22.8. The van der Waals surface area contributed by atoms with Crippen molar-refractivity contribution in [3.8, 4) is 17.2 Å². The van der Waals surface area contributed by atoms with Crippen LogP contribution < -0.4 is 14.2 Å². The molecule has 3 aromatic carbocycles. The van der Waals surface area contributed by atoms with Crippen LogP contribution in [0.3, 0.4) is 0 Å². The van der Waals surface area contributed by atoms with Crippen molar-refractivity contribution in [1.29, 1.82) is 0 Å². The van der Waals surface area contributed by atoms with E-state index in [9.17, 15) is 0 Å². The molecule has 2 aliphatic rings. The lowest BCUT2D eigenvalue weighted by Gasteiger charge is -2.33. The first-order valence-corrected chi connectivity index (χ1v) is 13.4. The standard InChI is InChI=1S/C34H37NO4/c1-7-39-32-20-30(24-10-16-27(37-5)17-11-24)34(33(32)25-12-18-28(38-6)19-13-25)21-29(31(22-34)35(2)3)23-8-14-26(36-4)15-9-23/h8-20H,7,21-22H2,1-6H3/t34-/m0/s1. The van der Waals surface area contributed by atoms with Crippen LogP contribution in [-0.4, -0.2) is 46.9 Å². The maximum atomic E-state index is 6.38. The third-order valence-electron chi connectivity index (χ3n) is 7.87. The zero-order valence-electron chi connectivity index (χ0n) is 23.7. The first-order chi connectivity index (χ1) is 18.9. The van der Waals surface area contributed by atoms with Gasteiger partial charge in [0.2, 0.25) is 0 Å². The highest BCUT2D eigenvalue weighted by Gasteiger charge is 2.50. The van der Waals surface area contributed by atoms with Crippen molar-refractivity contribution in [1.82, 2.24) is 4.90 Å². The average molecular weight is 524 g/mol. The third-order valence-corrected chi connectivity index (χ3v) is 7.87. The van der Waals surface area contributed by atoms with Gasteiger partial charge in [-0.15, -0.1) is 0 Å². The van der Waals surface area contributed by atoms with Gasteiger partial charge in [-0.25, -0.2) is 0 Å². The van der Waals surface area contributed by atoms with E-state index in [-0.39, 0.29) is 5.41 Å². The molecule has 0 unspecified atom stereocenters. The van der Waals surface area contributed by atoms with Crippen LogP contribution in [0.4, 0.5) is 0 Å². The fraction of sp³-hybridized carbons (Fsp3) is 0.294. The van der Waals surface area contributed by atoms with Crippen LogP contribution in [0.25, 0.3) is 16.7 Å². The number of hydrogen-bond donors (Lipinski definition) is 0. The predicted octanol–water partition coefficient (Wildman–Crippen LogP) is 7.31. The summed E-state index contributed by atoms with van der Waals surface area (Å²) in [7, 11) is 9.39. The first-order valence-electron chi connectivity index (χ1n) is 13.4. The molecule has 0 saturated heterocycles. The van der Waals surface area contributed by atoms with Crippen molar-refractivity contribution in [2.24, 2.45) is 5.41 Å². The lowest BCUT2D eigenvalue weighted by atomic mass is 9.69. The molecule has 1 spiro atoms. The molecule has 202 valence electrons. The molecule has 0 N–H and O–H groups in total. The molecule has 0 fully saturated rings. The molecule has 5 nitrogen and oxygen atoms in total. The fourth-order valence-electron chi connectivity index (χ4n) is 6.00. The molecule has 5 heteroatoms. The summed E-state index contributed by atoms with van der Waals surface area (Å²) in [5.41, 5.74) is 8.38. The number of benzene rings is 3. The van der Waals surface area contributed by atoms with E-state index in [0.717, 1.165) is 41.4 Å². The maximum absolute atomic E-state index is 6.38. The minimum atomic E-state index is -0.303. The van der Waals surface area contributed by atoms with Crippen LogP contribution in [0, 0.1) is 5.41 Å². The molecule has 3 aromatic rings. The minimum absolute atomic E-state index is 0.303. The van der Waals surface area contributed by atoms with Crippen molar-refractivity contribution in [3.05, 3.63) is 107 Å². The van der Waals surface area contributed by atoms with Gasteiger partial charge in [0, 0.05) is 37.2 Å². The van der Waals surface area contributed by atoms with Gasteiger partial charge in [0.05, 0.1) is 27.9 Å². The Hall–Kier alpha value is -4.12. The van der Waals surface area contributed by atoms with Crippen LogP contribution in [0.1, 0.15) is 36.5 Å². The van der Waals surface area contributed by atoms with Gasteiger partial charge in [-0.2, -0.15) is 0 Å². The number of rotatable bonds is 9. The van der Waals surface area contributed by atoms with Crippen LogP contribution in [-0.2, 0) is 4.74 Å². The van der Waals surface area contributed by atoms with E-state index in [1.165, 1.54) is 33.5 Å². The summed E-state index contributed by atoms with van der Waals surface area (Å²) >= 11 is 0. The Labute approximate surface area is 232 Å². The highest BCUT2D eigenvalue weighted by atomic mass is 16.5. The molecule has 0 bridgehead atoms. The van der Waals surface area contributed by atoms with E-state index in [1.54, 1.807) is 21.3 Å². The molecule has 0 amide bonds. The second-order valence-electron chi connectivity index (χ2n) is 10.2. The Morgan fingerprint density at radius 2 is 1.15 bits per heavy atom. The molecule has 2 aliphatic carbocycles. The van der Waals surface area contributed by atoms with Crippen LogP contribution >= 0.6 is 0 Å². The van der Waals surface area contributed by atoms with Crippen molar-refractivity contribution < 1.29 is 18.9 Å². The second kappa shape index (κ2) is 10.9. The highest BCUT2D eigenvalue weighted by molar-refractivity contribution is 5.98. The zero-order chi connectivity index (χ0) is 27.6. The Bertz CT molecular complexity index is 1410. The lowest BCUT2D eigenvalue weighted by molar-refractivity contribution is 0.243. The molecule has 0 heterocycles. The zero-order valence-corrected chi connectivity index (χ0v) is 23.7. The van der Waals surface area contributed by atoms with Gasteiger partial charge < -0.3 is 23.8 Å². The SMILES string of the molecule is CCOC1=C(c2ccc(OC)cc2)[C@]2(CC(c3ccc(OC)cc3)=C(N(C)C)C2)C(c2ccc(OC)cc2)=C1. The molecular weight excluding hydrogens is 486 g/mol. The van der Waals surface area contributed by atoms with Gasteiger partial charge in [-0.3, -0.25) is 0 Å². The average Bonchev–Trinajstić information content (AvgIpc) is 3.52. The smallest absolute Gasteiger partial charge is 0.124 e. The third kappa shape index (κ3) is 4.78. The van der Waals surface area contributed by atoms with Crippen LogP contribution in [0.5, 0.6) is 17.2 Å². The van der Waals surface area contributed by atoms with Crippen LogP contribution in [0.2, 0.25) is 0 Å². The molecule has 0 aromatic heterocycles. The highest BCUT2D eigenvalue weighted by Crippen LogP contribution is 2.64. The van der Waals surface area contributed by atoms with Gasteiger partial charge in [0.1, 0.15) is 23.0 Å². The summed E-state index contributed by atoms with van der Waals surface area (Å²) in [5.74, 6) is 3.47. The van der Waals surface area contributed by atoms with Gasteiger partial charge in [-0.1, -0.05) is 36.4 Å². The van der Waals surface area contributed by atoms with Crippen LogP contribution in [0.15, 0.2) is 90.3 Å². The second-order valence-corrected chi connectivity index (χ2v) is 10.2. The number of hydrogen-bond acceptors (Lipinski definition) is 5. The van der Waals surface area contributed by atoms with E-state index in [2.05, 4.69) is 61.5 Å². The van der Waals surface area contributed by atoms with E-state index < -0.39 is 0 Å². The largest absolute Gasteiger partial charge is 0.497 e. The number of allylic oxidation sites excluding steroid dienone is 5. The summed E-state index contributed by atoms with van der Waals surface area (Å²) in [5, 5.41) is 0. The normalized spacial score (nSPS) is 18.5. The van der Waals surface area contributed by atoms with E-state index in [0.29, 0.717) is 6.61 Å². The Balaban J connectivity index is 1.70. The topological polar surface area (TPSA) is 40.2 Å². The first kappa shape index (κ1) is 26.5. The molecule has 1 atom stereocenters. The predicted molar refractivity (Wildman–Crippen MR) is 158 cm³/mol. The van der Waals surface area contributed by atoms with E-state index in [1.807, 2.05) is 43.3 Å². The van der Waals surface area contributed by atoms with Crippen molar-refractivity contribution >= 4 is 16.7 Å². The van der Waals surface area contributed by atoms with Gasteiger partial charge in [0.25, 0.3) is 0 Å². The molecule has 5 rings (SSSR count). The molecule has 0 saturated carbocycles. The quantitative estimate of drug-likeness (QED) is 0.294. The van der Waals surface area contributed by atoms with Crippen molar-refractivity contribution in [2.45, 2.75) is 19.8 Å². The van der Waals surface area contributed by atoms with E-state index >= 15 is 0 Å². The minimum Gasteiger partial charge on any atom is -0.497 e. The number of ether oxygens (including phenoxy) is 4. The van der Waals surface area contributed by atoms with E-state index in [4.69, 9.17) is 18.9 Å². The Morgan fingerprint density at radius 1 is 0.667 bits per heavy atom. The van der Waals surface area contributed by atoms with Gasteiger partial charge >= 0.3 is 0 Å². The fourth-order valence-corrected chi connectivity index (χ4v) is 6.00. The summed E-state index contributed by atoms with van der Waals surface area (Å²) in [4.78, 5) is 2.27. The summed E-state index contributed by atoms with van der Waals surface area (Å²) in [6.07, 6.45) is 3.97. The monoisotopic (exact) mass is 523 g/mol. The molecule has 0 radical (unpaired) electrons. The van der Waals surface area contributed by atoms with Crippen molar-refractivity contribution in [3.63, 3.8) is 0 Å². The summed E-state index contributed by atoms with van der Waals surface area (Å²) in [6, 6.07) is 25.2. The Morgan fingerprint density at radius 3 is 1.62 bits per heavy atom. The lowest BCUT2D eigenvalue weighted by Crippen LogP contribution is -2.22. The van der Waals surface area contributed by atoms with Gasteiger partial charge in [-0.05, 0) is 83.7 Å². The number of nitrogens with zero attached hydrogens (tertiary/aromatic N) is 1. The molecule has 0 aliphatic heterocycles. The van der Waals surface area contributed by atoms with Gasteiger partial charge in [0.15, 0.2) is 0 Å². The molecule has 39 heavy (non-hydrogen) atoms. The molecular formula is C34H37NO4. The number of methoxy groups -OCH3 is 3. The maximum Gasteiger partial charge on any atom is 0.124 e. The summed E-state index contributed by atoms with van der Waals surface area (Å²) in [6.45, 7) is 2.64.